The maximum atomic E-state index is 12.9. The minimum absolute atomic E-state index is 0.101. The van der Waals surface area contributed by atoms with Crippen LogP contribution in [0.4, 0.5) is 9.18 Å². The number of hydrogen-bond acceptors (Lipinski definition) is 3. The van der Waals surface area contributed by atoms with E-state index in [-0.39, 0.29) is 11.8 Å². The van der Waals surface area contributed by atoms with Crippen LogP contribution in [0.3, 0.4) is 0 Å². The second kappa shape index (κ2) is 8.99. The van der Waals surface area contributed by atoms with E-state index in [4.69, 9.17) is 0 Å². The summed E-state index contributed by atoms with van der Waals surface area (Å²) in [5.41, 5.74) is 0.890. The molecule has 1 saturated heterocycles. The highest BCUT2D eigenvalue weighted by molar-refractivity contribution is 5.73. The van der Waals surface area contributed by atoms with Crippen molar-refractivity contribution in [1.29, 1.82) is 0 Å². The third-order valence-electron chi connectivity index (χ3n) is 4.80. The zero-order chi connectivity index (χ0) is 17.5. The number of hydrogen-bond donors (Lipinski definition) is 1. The third-order valence-corrected chi connectivity index (χ3v) is 4.80. The largest absolute Gasteiger partial charge is 0.334 e. The van der Waals surface area contributed by atoms with Gasteiger partial charge < -0.3 is 20.0 Å². The van der Waals surface area contributed by atoms with Gasteiger partial charge in [0.1, 0.15) is 5.82 Å². The number of carbonyl (C=O) groups excluding carboxylic acids is 1. The molecular weight excluding hydrogens is 307 g/mol. The molecule has 134 valence electrons. The molecule has 0 bridgehead atoms. The Morgan fingerprint density at radius 3 is 2.46 bits per heavy atom. The maximum absolute atomic E-state index is 12.9. The molecule has 0 saturated carbocycles. The van der Waals surface area contributed by atoms with E-state index < -0.39 is 0 Å². The lowest BCUT2D eigenvalue weighted by atomic mass is 10.0. The van der Waals surface area contributed by atoms with Crippen molar-refractivity contribution in [2.24, 2.45) is 0 Å². The van der Waals surface area contributed by atoms with Crippen LogP contribution in [-0.2, 0) is 6.54 Å². The summed E-state index contributed by atoms with van der Waals surface area (Å²) in [7, 11) is 6.11. The van der Waals surface area contributed by atoms with Crippen LogP contribution in [0.2, 0.25) is 0 Å². The van der Waals surface area contributed by atoms with E-state index in [1.165, 1.54) is 25.0 Å². The first-order chi connectivity index (χ1) is 11.5. The number of likely N-dealkylation sites (tertiary alicyclic amines) is 1. The minimum atomic E-state index is -0.265. The van der Waals surface area contributed by atoms with Crippen molar-refractivity contribution >= 4 is 6.03 Å². The molecule has 0 radical (unpaired) electrons. The average molecular weight is 336 g/mol. The fourth-order valence-corrected chi connectivity index (χ4v) is 2.94. The number of carbonyl (C=O) groups is 1. The highest BCUT2D eigenvalue weighted by atomic mass is 19.1. The smallest absolute Gasteiger partial charge is 0.317 e. The van der Waals surface area contributed by atoms with Gasteiger partial charge in [0, 0.05) is 32.7 Å². The van der Waals surface area contributed by atoms with Gasteiger partial charge in [0.25, 0.3) is 0 Å². The van der Waals surface area contributed by atoms with E-state index in [9.17, 15) is 9.18 Å². The Kier molecular flexibility index (Phi) is 6.99. The molecule has 2 amide bonds. The number of nitrogens with zero attached hydrogens (tertiary/aromatic N) is 3. The highest BCUT2D eigenvalue weighted by Crippen LogP contribution is 2.13. The fraction of sp³-hybridized carbons (Fsp3) is 0.611. The Morgan fingerprint density at radius 1 is 1.21 bits per heavy atom. The molecule has 0 aliphatic carbocycles. The van der Waals surface area contributed by atoms with Gasteiger partial charge >= 0.3 is 6.03 Å². The Hall–Kier alpha value is -1.66. The van der Waals surface area contributed by atoms with Gasteiger partial charge in [-0.3, -0.25) is 0 Å². The molecule has 24 heavy (non-hydrogen) atoms. The minimum Gasteiger partial charge on any atom is -0.334 e. The van der Waals surface area contributed by atoms with E-state index in [1.807, 2.05) is 7.05 Å². The van der Waals surface area contributed by atoms with Gasteiger partial charge in [-0.05, 0) is 57.7 Å². The molecule has 1 aliphatic heterocycles. The normalized spacial score (nSPS) is 16.4. The first-order valence-electron chi connectivity index (χ1n) is 8.58. The van der Waals surface area contributed by atoms with Crippen molar-refractivity contribution in [1.82, 2.24) is 20.0 Å². The molecule has 2 rings (SSSR count). The van der Waals surface area contributed by atoms with Crippen LogP contribution >= 0.6 is 0 Å². The summed E-state index contributed by atoms with van der Waals surface area (Å²) in [6, 6.07) is 6.68. The molecule has 0 aromatic heterocycles. The first-order valence-corrected chi connectivity index (χ1v) is 8.58. The molecule has 0 unspecified atom stereocenters. The van der Waals surface area contributed by atoms with E-state index in [1.54, 1.807) is 17.0 Å². The molecule has 0 spiro atoms. The van der Waals surface area contributed by atoms with E-state index in [0.717, 1.165) is 25.2 Å². The fourth-order valence-electron chi connectivity index (χ4n) is 2.94. The Morgan fingerprint density at radius 2 is 1.83 bits per heavy atom. The summed E-state index contributed by atoms with van der Waals surface area (Å²) in [4.78, 5) is 18.6. The predicted octanol–water partition coefficient (Wildman–Crippen LogP) is 1.99. The third kappa shape index (κ3) is 5.76. The van der Waals surface area contributed by atoms with Crippen LogP contribution in [0.25, 0.3) is 0 Å². The Balaban J connectivity index is 1.68. The first kappa shape index (κ1) is 18.7. The van der Waals surface area contributed by atoms with Crippen molar-refractivity contribution in [3.63, 3.8) is 0 Å². The zero-order valence-corrected chi connectivity index (χ0v) is 15.0. The van der Waals surface area contributed by atoms with Crippen molar-refractivity contribution in [2.75, 3.05) is 47.3 Å². The number of urea groups is 1. The maximum Gasteiger partial charge on any atom is 0.317 e. The quantitative estimate of drug-likeness (QED) is 0.863. The SMILES string of the molecule is CN1CCC(N(C)CCN(C)C(=O)NCc2ccc(F)cc2)CC1. The van der Waals surface area contributed by atoms with E-state index >= 15 is 0 Å². The topological polar surface area (TPSA) is 38.8 Å². The van der Waals surface area contributed by atoms with Crippen LogP contribution in [0.15, 0.2) is 24.3 Å². The van der Waals surface area contributed by atoms with Gasteiger partial charge in [-0.2, -0.15) is 0 Å². The van der Waals surface area contributed by atoms with Gasteiger partial charge in [0.05, 0.1) is 0 Å². The van der Waals surface area contributed by atoms with Gasteiger partial charge in [0.15, 0.2) is 0 Å². The zero-order valence-electron chi connectivity index (χ0n) is 15.0. The highest BCUT2D eigenvalue weighted by Gasteiger charge is 2.20. The number of piperidine rings is 1. The number of halogens is 1. The van der Waals surface area contributed by atoms with Crippen molar-refractivity contribution in [3.8, 4) is 0 Å². The van der Waals surface area contributed by atoms with Gasteiger partial charge in [0.2, 0.25) is 0 Å². The van der Waals surface area contributed by atoms with E-state index in [2.05, 4.69) is 29.2 Å². The van der Waals surface area contributed by atoms with Crippen LogP contribution in [0.1, 0.15) is 18.4 Å². The number of amides is 2. The lowest BCUT2D eigenvalue weighted by molar-refractivity contribution is 0.135. The second-order valence-corrected chi connectivity index (χ2v) is 6.72. The predicted molar refractivity (Wildman–Crippen MR) is 94.4 cm³/mol. The molecule has 6 heteroatoms. The molecular formula is C18H29FN4O. The summed E-state index contributed by atoms with van der Waals surface area (Å²) in [6.45, 7) is 4.26. The Labute approximate surface area is 144 Å². The van der Waals surface area contributed by atoms with Gasteiger partial charge in [-0.15, -0.1) is 0 Å². The van der Waals surface area contributed by atoms with Crippen LogP contribution in [0, 0.1) is 5.82 Å². The molecule has 1 heterocycles. The van der Waals surface area contributed by atoms with Gasteiger partial charge in [-0.25, -0.2) is 9.18 Å². The molecule has 0 atom stereocenters. The molecule has 1 N–H and O–H groups in total. The molecule has 1 fully saturated rings. The lowest BCUT2D eigenvalue weighted by Gasteiger charge is -2.35. The number of likely N-dealkylation sites (N-methyl/N-ethyl adjacent to an activating group) is 2. The van der Waals surface area contributed by atoms with Crippen LogP contribution < -0.4 is 5.32 Å². The summed E-state index contributed by atoms with van der Waals surface area (Å²) >= 11 is 0. The van der Waals surface area contributed by atoms with Crippen molar-refractivity contribution in [3.05, 3.63) is 35.6 Å². The summed E-state index contributed by atoms with van der Waals surface area (Å²) in [6.07, 6.45) is 2.38. The Bertz CT molecular complexity index is 514. The molecule has 1 aromatic carbocycles. The number of rotatable bonds is 6. The van der Waals surface area contributed by atoms with Crippen molar-refractivity contribution < 1.29 is 9.18 Å². The standard InChI is InChI=1S/C18H29FN4O/c1-21-10-8-17(9-11-21)22(2)12-13-23(3)18(24)20-14-15-4-6-16(19)7-5-15/h4-7,17H,8-14H2,1-3H3,(H,20,24). The molecule has 1 aromatic rings. The second-order valence-electron chi connectivity index (χ2n) is 6.72. The summed E-state index contributed by atoms with van der Waals surface area (Å²) in [5.74, 6) is -0.265. The monoisotopic (exact) mass is 336 g/mol. The molecule has 5 nitrogen and oxygen atoms in total. The van der Waals surface area contributed by atoms with Crippen molar-refractivity contribution in [2.45, 2.75) is 25.4 Å². The van der Waals surface area contributed by atoms with Crippen LogP contribution in [0.5, 0.6) is 0 Å². The van der Waals surface area contributed by atoms with E-state index in [0.29, 0.717) is 19.1 Å². The lowest BCUT2D eigenvalue weighted by Crippen LogP contribution is -2.46. The number of nitrogens with one attached hydrogen (secondary N) is 1. The van der Waals surface area contributed by atoms with Crippen LogP contribution in [-0.4, -0.2) is 74.1 Å². The summed E-state index contributed by atoms with van der Waals surface area (Å²) in [5, 5.41) is 2.87. The van der Waals surface area contributed by atoms with Gasteiger partial charge in [-0.1, -0.05) is 12.1 Å². The molecule has 1 aliphatic rings. The number of benzene rings is 1. The summed E-state index contributed by atoms with van der Waals surface area (Å²) < 4.78 is 12.9. The average Bonchev–Trinajstić information content (AvgIpc) is 2.59.